The van der Waals surface area contributed by atoms with E-state index in [-0.39, 0.29) is 11.6 Å². The largest absolute Gasteiger partial charge is 0.380 e. The second-order valence-electron chi connectivity index (χ2n) is 4.93. The Bertz CT molecular complexity index is 503. The number of benzene rings is 1. The third kappa shape index (κ3) is 5.39. The number of carbonyl (C=O) groups excluding carboxylic acids is 1. The molecule has 0 radical (unpaired) electrons. The lowest BCUT2D eigenvalue weighted by atomic mass is 10.1. The summed E-state index contributed by atoms with van der Waals surface area (Å²) in [4.78, 5) is 24.5. The molecular weight excluding hydrogens is 272 g/mol. The molecule has 0 saturated carbocycles. The summed E-state index contributed by atoms with van der Waals surface area (Å²) in [6, 6.07) is 4.34. The number of nitro groups is 1. The van der Waals surface area contributed by atoms with Gasteiger partial charge in [-0.3, -0.25) is 14.9 Å². The Morgan fingerprint density at radius 3 is 2.67 bits per heavy atom. The molecule has 1 aromatic carbocycles. The zero-order valence-electron chi connectivity index (χ0n) is 12.7. The molecule has 0 heterocycles. The maximum absolute atomic E-state index is 12.0. The second-order valence-corrected chi connectivity index (χ2v) is 4.93. The van der Waals surface area contributed by atoms with Crippen LogP contribution in [0.15, 0.2) is 18.2 Å². The van der Waals surface area contributed by atoms with Crippen molar-refractivity contribution in [2.45, 2.75) is 13.3 Å². The average Bonchev–Trinajstić information content (AvgIpc) is 2.43. The van der Waals surface area contributed by atoms with Crippen LogP contribution in [-0.4, -0.2) is 49.5 Å². The lowest BCUT2D eigenvalue weighted by Crippen LogP contribution is -2.27. The Hall–Kier alpha value is -2.15. The molecule has 21 heavy (non-hydrogen) atoms. The van der Waals surface area contributed by atoms with Gasteiger partial charge in [-0.2, -0.15) is 0 Å². The first-order chi connectivity index (χ1) is 9.95. The Morgan fingerprint density at radius 2 is 2.10 bits per heavy atom. The lowest BCUT2D eigenvalue weighted by Gasteiger charge is -2.11. The van der Waals surface area contributed by atoms with Crippen LogP contribution >= 0.6 is 0 Å². The van der Waals surface area contributed by atoms with Gasteiger partial charge in [-0.05, 0) is 46.1 Å². The van der Waals surface area contributed by atoms with E-state index in [0.717, 1.165) is 13.0 Å². The third-order valence-electron chi connectivity index (χ3n) is 2.89. The summed E-state index contributed by atoms with van der Waals surface area (Å²) < 4.78 is 0. The molecule has 1 rings (SSSR count). The van der Waals surface area contributed by atoms with Crippen molar-refractivity contribution in [2.75, 3.05) is 39.0 Å². The number of hydrogen-bond acceptors (Lipinski definition) is 5. The van der Waals surface area contributed by atoms with E-state index < -0.39 is 4.92 Å². The number of anilines is 1. The molecule has 0 unspecified atom stereocenters. The van der Waals surface area contributed by atoms with Gasteiger partial charge in [0.1, 0.15) is 5.69 Å². The van der Waals surface area contributed by atoms with E-state index in [4.69, 9.17) is 0 Å². The summed E-state index contributed by atoms with van der Waals surface area (Å²) in [7, 11) is 3.95. The van der Waals surface area contributed by atoms with Crippen LogP contribution < -0.4 is 10.6 Å². The quantitative estimate of drug-likeness (QED) is 0.433. The van der Waals surface area contributed by atoms with Gasteiger partial charge >= 0.3 is 0 Å². The molecule has 0 aliphatic rings. The Morgan fingerprint density at radius 1 is 1.38 bits per heavy atom. The minimum Gasteiger partial charge on any atom is -0.380 e. The van der Waals surface area contributed by atoms with Gasteiger partial charge in [0.15, 0.2) is 0 Å². The van der Waals surface area contributed by atoms with E-state index in [0.29, 0.717) is 24.3 Å². The van der Waals surface area contributed by atoms with E-state index in [1.807, 2.05) is 25.9 Å². The van der Waals surface area contributed by atoms with Crippen LogP contribution in [0.4, 0.5) is 11.4 Å². The minimum absolute atomic E-state index is 0.0268. The number of carbonyl (C=O) groups is 1. The lowest BCUT2D eigenvalue weighted by molar-refractivity contribution is -0.384. The Labute approximate surface area is 124 Å². The summed E-state index contributed by atoms with van der Waals surface area (Å²) >= 11 is 0. The van der Waals surface area contributed by atoms with Crippen molar-refractivity contribution in [3.8, 4) is 0 Å². The van der Waals surface area contributed by atoms with Gasteiger partial charge in [0.25, 0.3) is 11.6 Å². The van der Waals surface area contributed by atoms with E-state index in [1.165, 1.54) is 18.2 Å². The van der Waals surface area contributed by atoms with Crippen molar-refractivity contribution in [2.24, 2.45) is 0 Å². The van der Waals surface area contributed by atoms with E-state index in [1.54, 1.807) is 0 Å². The predicted molar refractivity (Wildman–Crippen MR) is 82.8 cm³/mol. The number of nitro benzene ring substituents is 1. The molecule has 7 heteroatoms. The maximum atomic E-state index is 12.0. The molecule has 1 aromatic rings. The van der Waals surface area contributed by atoms with Gasteiger partial charge in [0, 0.05) is 24.7 Å². The van der Waals surface area contributed by atoms with Crippen LogP contribution in [0.2, 0.25) is 0 Å². The van der Waals surface area contributed by atoms with Gasteiger partial charge in [-0.1, -0.05) is 0 Å². The fraction of sp³-hybridized carbons (Fsp3) is 0.500. The number of rotatable bonds is 8. The van der Waals surface area contributed by atoms with Crippen LogP contribution in [0.5, 0.6) is 0 Å². The number of nitrogens with one attached hydrogen (secondary N) is 2. The summed E-state index contributed by atoms with van der Waals surface area (Å²) in [5, 5.41) is 16.6. The number of amides is 1. The van der Waals surface area contributed by atoms with Crippen LogP contribution in [0, 0.1) is 10.1 Å². The van der Waals surface area contributed by atoms with Gasteiger partial charge in [-0.15, -0.1) is 0 Å². The number of nitrogens with zero attached hydrogens (tertiary/aromatic N) is 2. The third-order valence-corrected chi connectivity index (χ3v) is 2.89. The molecule has 0 aliphatic carbocycles. The molecule has 0 aliphatic heterocycles. The Kier molecular flexibility index (Phi) is 6.61. The van der Waals surface area contributed by atoms with Gasteiger partial charge < -0.3 is 15.5 Å². The fourth-order valence-corrected chi connectivity index (χ4v) is 1.87. The van der Waals surface area contributed by atoms with Gasteiger partial charge in [0.05, 0.1) is 4.92 Å². The topological polar surface area (TPSA) is 87.5 Å². The minimum atomic E-state index is -0.462. The zero-order chi connectivity index (χ0) is 15.8. The molecule has 0 atom stereocenters. The molecule has 1 amide bonds. The van der Waals surface area contributed by atoms with E-state index in [9.17, 15) is 14.9 Å². The van der Waals surface area contributed by atoms with Crippen LogP contribution in [0.3, 0.4) is 0 Å². The van der Waals surface area contributed by atoms with Crippen molar-refractivity contribution >= 4 is 17.3 Å². The van der Waals surface area contributed by atoms with Crippen LogP contribution in [0.1, 0.15) is 23.7 Å². The first-order valence-corrected chi connectivity index (χ1v) is 6.91. The van der Waals surface area contributed by atoms with Gasteiger partial charge in [-0.25, -0.2) is 0 Å². The summed E-state index contributed by atoms with van der Waals surface area (Å²) in [6.45, 7) is 3.86. The average molecular weight is 294 g/mol. The molecule has 0 fully saturated rings. The molecular formula is C14H22N4O3. The summed E-state index contributed by atoms with van der Waals surface area (Å²) in [5.41, 5.74) is 0.755. The van der Waals surface area contributed by atoms with Crippen LogP contribution in [0.25, 0.3) is 0 Å². The molecule has 0 spiro atoms. The predicted octanol–water partition coefficient (Wildman–Crippen LogP) is 1.71. The maximum Gasteiger partial charge on any atom is 0.292 e. The molecule has 0 bridgehead atoms. The standard InChI is InChI=1S/C14H22N4O3/c1-4-15-12-10-11(6-7-13(12)18(20)21)14(19)16-8-5-9-17(2)3/h6-7,10,15H,4-5,8-9H2,1-3H3,(H,16,19). The van der Waals surface area contributed by atoms with Gasteiger partial charge in [0.2, 0.25) is 0 Å². The normalized spacial score (nSPS) is 10.5. The molecule has 0 aromatic heterocycles. The molecule has 2 N–H and O–H groups in total. The van der Waals surface area contributed by atoms with E-state index >= 15 is 0 Å². The molecule has 0 saturated heterocycles. The smallest absolute Gasteiger partial charge is 0.292 e. The van der Waals surface area contributed by atoms with E-state index in [2.05, 4.69) is 10.6 Å². The van der Waals surface area contributed by atoms with Crippen molar-refractivity contribution in [3.05, 3.63) is 33.9 Å². The highest BCUT2D eigenvalue weighted by molar-refractivity contribution is 5.95. The highest BCUT2D eigenvalue weighted by atomic mass is 16.6. The molecule has 7 nitrogen and oxygen atoms in total. The zero-order valence-corrected chi connectivity index (χ0v) is 12.7. The van der Waals surface area contributed by atoms with Crippen molar-refractivity contribution in [3.63, 3.8) is 0 Å². The summed E-state index contributed by atoms with van der Waals surface area (Å²) in [5.74, 6) is -0.220. The van der Waals surface area contributed by atoms with Crippen LogP contribution in [-0.2, 0) is 0 Å². The Balaban J connectivity index is 2.71. The van der Waals surface area contributed by atoms with Crippen molar-refractivity contribution < 1.29 is 9.72 Å². The highest BCUT2D eigenvalue weighted by Crippen LogP contribution is 2.25. The fourth-order valence-electron chi connectivity index (χ4n) is 1.87. The number of hydrogen-bond donors (Lipinski definition) is 2. The van der Waals surface area contributed by atoms with Crippen molar-refractivity contribution in [1.82, 2.24) is 10.2 Å². The monoisotopic (exact) mass is 294 g/mol. The molecule has 116 valence electrons. The second kappa shape index (κ2) is 8.21. The first kappa shape index (κ1) is 16.9. The SMILES string of the molecule is CCNc1cc(C(=O)NCCCN(C)C)ccc1[N+](=O)[O-]. The first-order valence-electron chi connectivity index (χ1n) is 6.91. The van der Waals surface area contributed by atoms with Crippen molar-refractivity contribution in [1.29, 1.82) is 0 Å². The summed E-state index contributed by atoms with van der Waals surface area (Å²) in [6.07, 6.45) is 0.853. The highest BCUT2D eigenvalue weighted by Gasteiger charge is 2.16.